The third-order valence-electron chi connectivity index (χ3n) is 1.75. The average molecular weight is 193 g/mol. The first-order valence-electron chi connectivity index (χ1n) is 4.86. The van der Waals surface area contributed by atoms with Crippen LogP contribution >= 0.6 is 0 Å². The summed E-state index contributed by atoms with van der Waals surface area (Å²) in [5, 5.41) is 8.59. The maximum Gasteiger partial charge on any atom is 0.0991 e. The molecule has 0 aromatic heterocycles. The molecule has 1 heteroatoms. The molecule has 0 spiro atoms. The molecule has 0 bridgehead atoms. The van der Waals surface area contributed by atoms with Crippen molar-refractivity contribution in [2.75, 3.05) is 0 Å². The smallest absolute Gasteiger partial charge is 0.0991 e. The van der Waals surface area contributed by atoms with Crippen LogP contribution < -0.4 is 0 Å². The van der Waals surface area contributed by atoms with Gasteiger partial charge in [-0.2, -0.15) is 5.26 Å². The van der Waals surface area contributed by atoms with Crippen molar-refractivity contribution in [2.24, 2.45) is 0 Å². The lowest BCUT2D eigenvalue weighted by Crippen LogP contribution is -1.75. The molecule has 1 aromatic carbocycles. The fraction of sp³-hybridized carbons (Fsp3) is 0.214. The van der Waals surface area contributed by atoms with Gasteiger partial charge in [0, 0.05) is 12.0 Å². The molecule has 0 heterocycles. The fourth-order valence-electron chi connectivity index (χ4n) is 0.963. The van der Waals surface area contributed by atoms with E-state index in [0.717, 1.165) is 18.4 Å². The van der Waals surface area contributed by atoms with Crippen LogP contribution in [0.1, 0.15) is 30.9 Å². The molecule has 0 aliphatic heterocycles. The lowest BCUT2D eigenvalue weighted by Gasteiger charge is -1.88. The van der Waals surface area contributed by atoms with E-state index >= 15 is 0 Å². The summed E-state index contributed by atoms with van der Waals surface area (Å²) in [5.41, 5.74) is 1.54. The topological polar surface area (TPSA) is 23.8 Å². The van der Waals surface area contributed by atoms with Crippen molar-refractivity contribution in [1.29, 1.82) is 5.26 Å². The molecule has 72 valence electrons. The van der Waals surface area contributed by atoms with Gasteiger partial charge in [0.05, 0.1) is 11.6 Å². The third-order valence-corrected chi connectivity index (χ3v) is 1.75. The van der Waals surface area contributed by atoms with E-state index in [1.807, 2.05) is 12.1 Å². The molecule has 0 amide bonds. The number of hydrogen-bond acceptors (Lipinski definition) is 1. The zero-order valence-electron chi connectivity index (χ0n) is 8.67. The summed E-state index contributed by atoms with van der Waals surface area (Å²) in [6, 6.07) is 9.22. The van der Waals surface area contributed by atoms with Gasteiger partial charge in [-0.3, -0.25) is 0 Å². The van der Waals surface area contributed by atoms with E-state index in [9.17, 15) is 0 Å². The van der Waals surface area contributed by atoms with Gasteiger partial charge in [-0.15, -0.1) is 0 Å². The first-order chi connectivity index (χ1) is 7.36. The van der Waals surface area contributed by atoms with Crippen LogP contribution in [-0.4, -0.2) is 0 Å². The lowest BCUT2D eigenvalue weighted by molar-refractivity contribution is 0.983. The molecule has 1 nitrogen and oxygen atoms in total. The van der Waals surface area contributed by atoms with Crippen LogP contribution in [0.15, 0.2) is 24.3 Å². The van der Waals surface area contributed by atoms with Gasteiger partial charge in [-0.05, 0) is 42.5 Å². The Morgan fingerprint density at radius 2 is 1.73 bits per heavy atom. The molecular weight excluding hydrogens is 182 g/mol. The molecule has 0 aliphatic carbocycles. The molecule has 0 aliphatic rings. The quantitative estimate of drug-likeness (QED) is 0.629. The highest BCUT2D eigenvalue weighted by molar-refractivity contribution is 5.42. The highest BCUT2D eigenvalue weighted by Crippen LogP contribution is 2.00. The Balaban J connectivity index is 2.66. The van der Waals surface area contributed by atoms with Crippen LogP contribution in [0.25, 0.3) is 0 Å². The monoisotopic (exact) mass is 193 g/mol. The van der Waals surface area contributed by atoms with Gasteiger partial charge in [0.1, 0.15) is 0 Å². The Morgan fingerprint density at radius 1 is 1.07 bits per heavy atom. The molecular formula is C14H11N. The van der Waals surface area contributed by atoms with Crippen molar-refractivity contribution in [3.05, 3.63) is 35.4 Å². The number of nitrogens with zero attached hydrogens (tertiary/aromatic N) is 1. The second kappa shape index (κ2) is 6.31. The summed E-state index contributed by atoms with van der Waals surface area (Å²) in [6.45, 7) is 2.09. The van der Waals surface area contributed by atoms with E-state index in [2.05, 4.69) is 36.7 Å². The predicted octanol–water partition coefficient (Wildman–Crippen LogP) is 2.71. The summed E-state index contributed by atoms with van der Waals surface area (Å²) in [6.07, 6.45) is 1.95. The zero-order chi connectivity index (χ0) is 10.9. The standard InChI is InChI=1S/C14H11N/c1-2-3-4-5-6-7-13-8-10-14(12-15)11-9-13/h8-11H,2-3H2,1H3. The number of rotatable bonds is 1. The van der Waals surface area contributed by atoms with Gasteiger partial charge in [0.15, 0.2) is 0 Å². The Hall–Kier alpha value is -2.17. The van der Waals surface area contributed by atoms with E-state index in [0.29, 0.717) is 5.56 Å². The Bertz CT molecular complexity index is 467. The minimum Gasteiger partial charge on any atom is -0.192 e. The highest BCUT2D eigenvalue weighted by Gasteiger charge is 1.88. The van der Waals surface area contributed by atoms with Gasteiger partial charge in [0.2, 0.25) is 0 Å². The van der Waals surface area contributed by atoms with Gasteiger partial charge in [0.25, 0.3) is 0 Å². The van der Waals surface area contributed by atoms with Gasteiger partial charge in [-0.1, -0.05) is 18.8 Å². The van der Waals surface area contributed by atoms with Crippen LogP contribution in [0.3, 0.4) is 0 Å². The van der Waals surface area contributed by atoms with E-state index in [1.165, 1.54) is 0 Å². The minimum atomic E-state index is 0.651. The normalized spacial score (nSPS) is 7.73. The molecule has 0 N–H and O–H groups in total. The number of nitriles is 1. The van der Waals surface area contributed by atoms with Crippen LogP contribution in [-0.2, 0) is 0 Å². The first-order valence-corrected chi connectivity index (χ1v) is 4.86. The van der Waals surface area contributed by atoms with Gasteiger partial charge < -0.3 is 0 Å². The summed E-state index contributed by atoms with van der Waals surface area (Å²) in [5.74, 6) is 11.4. The molecule has 0 radical (unpaired) electrons. The summed E-state index contributed by atoms with van der Waals surface area (Å²) < 4.78 is 0. The van der Waals surface area contributed by atoms with Crippen LogP contribution in [0.5, 0.6) is 0 Å². The number of unbranched alkanes of at least 4 members (excludes halogenated alkanes) is 1. The van der Waals surface area contributed by atoms with E-state index in [1.54, 1.807) is 12.1 Å². The summed E-state index contributed by atoms with van der Waals surface area (Å²) in [7, 11) is 0. The molecule has 1 rings (SSSR count). The average Bonchev–Trinajstić information content (AvgIpc) is 2.30. The highest BCUT2D eigenvalue weighted by atomic mass is 14.2. The van der Waals surface area contributed by atoms with E-state index < -0.39 is 0 Å². The summed E-state index contributed by atoms with van der Waals surface area (Å²) >= 11 is 0. The van der Waals surface area contributed by atoms with Crippen LogP contribution in [0, 0.1) is 35.0 Å². The van der Waals surface area contributed by atoms with Gasteiger partial charge >= 0.3 is 0 Å². The van der Waals surface area contributed by atoms with Crippen molar-refractivity contribution in [1.82, 2.24) is 0 Å². The second-order valence-corrected chi connectivity index (χ2v) is 2.99. The number of hydrogen-bond donors (Lipinski definition) is 0. The SMILES string of the molecule is CCCC#CC#Cc1ccc(C#N)cc1. The van der Waals surface area contributed by atoms with Gasteiger partial charge in [-0.25, -0.2) is 0 Å². The van der Waals surface area contributed by atoms with Crippen LogP contribution in [0.4, 0.5) is 0 Å². The third kappa shape index (κ3) is 4.04. The molecule has 0 unspecified atom stereocenters. The number of benzene rings is 1. The predicted molar refractivity (Wildman–Crippen MR) is 60.7 cm³/mol. The molecule has 0 fully saturated rings. The van der Waals surface area contributed by atoms with Crippen molar-refractivity contribution >= 4 is 0 Å². The van der Waals surface area contributed by atoms with Crippen molar-refractivity contribution < 1.29 is 0 Å². The Labute approximate surface area is 90.7 Å². The minimum absolute atomic E-state index is 0.651. The maximum absolute atomic E-state index is 8.59. The van der Waals surface area contributed by atoms with Crippen LogP contribution in [0.2, 0.25) is 0 Å². The van der Waals surface area contributed by atoms with E-state index in [-0.39, 0.29) is 0 Å². The second-order valence-electron chi connectivity index (χ2n) is 2.99. The fourth-order valence-corrected chi connectivity index (χ4v) is 0.963. The van der Waals surface area contributed by atoms with Crippen molar-refractivity contribution in [2.45, 2.75) is 19.8 Å². The summed E-state index contributed by atoms with van der Waals surface area (Å²) in [4.78, 5) is 0. The lowest BCUT2D eigenvalue weighted by atomic mass is 10.1. The Kier molecular flexibility index (Phi) is 4.59. The molecule has 15 heavy (non-hydrogen) atoms. The van der Waals surface area contributed by atoms with E-state index in [4.69, 9.17) is 5.26 Å². The molecule has 0 saturated heterocycles. The molecule has 0 atom stereocenters. The Morgan fingerprint density at radius 3 is 2.33 bits per heavy atom. The largest absolute Gasteiger partial charge is 0.192 e. The molecule has 0 saturated carbocycles. The zero-order valence-corrected chi connectivity index (χ0v) is 8.67. The van der Waals surface area contributed by atoms with Crippen molar-refractivity contribution in [3.63, 3.8) is 0 Å². The maximum atomic E-state index is 8.59. The molecule has 1 aromatic rings. The first kappa shape index (κ1) is 10.9. The van der Waals surface area contributed by atoms with Crippen molar-refractivity contribution in [3.8, 4) is 29.8 Å².